The third-order valence-corrected chi connectivity index (χ3v) is 4.43. The van der Waals surface area contributed by atoms with E-state index in [1.165, 1.54) is 12.1 Å². The SMILES string of the molecule is Cc1c(C(=O)Nc2ccc3c(c2)CCC(=O)N3C)cccc1[N+](=O)[O-]. The Morgan fingerprint density at radius 2 is 2.00 bits per heavy atom. The summed E-state index contributed by atoms with van der Waals surface area (Å²) >= 11 is 0. The van der Waals surface area contributed by atoms with E-state index in [4.69, 9.17) is 0 Å². The van der Waals surface area contributed by atoms with Crippen LogP contribution in [0.3, 0.4) is 0 Å². The molecule has 0 aromatic heterocycles. The smallest absolute Gasteiger partial charge is 0.273 e. The number of hydrogen-bond donors (Lipinski definition) is 1. The number of nitro groups is 1. The molecule has 1 aliphatic rings. The number of benzene rings is 2. The van der Waals surface area contributed by atoms with Crippen LogP contribution >= 0.6 is 0 Å². The van der Waals surface area contributed by atoms with Gasteiger partial charge in [0.1, 0.15) is 0 Å². The molecule has 2 amide bonds. The minimum Gasteiger partial charge on any atom is -0.322 e. The molecule has 1 heterocycles. The first-order chi connectivity index (χ1) is 11.9. The van der Waals surface area contributed by atoms with E-state index in [9.17, 15) is 19.7 Å². The van der Waals surface area contributed by atoms with Crippen LogP contribution in [0.4, 0.5) is 17.1 Å². The fraction of sp³-hybridized carbons (Fsp3) is 0.222. The summed E-state index contributed by atoms with van der Waals surface area (Å²) in [6, 6.07) is 9.78. The first kappa shape index (κ1) is 16.6. The Labute approximate surface area is 144 Å². The average molecular weight is 339 g/mol. The summed E-state index contributed by atoms with van der Waals surface area (Å²) in [6.07, 6.45) is 1.06. The maximum atomic E-state index is 12.5. The number of nitrogens with zero attached hydrogens (tertiary/aromatic N) is 2. The zero-order chi connectivity index (χ0) is 18.1. The summed E-state index contributed by atoms with van der Waals surface area (Å²) in [5.74, 6) is -0.335. The first-order valence-corrected chi connectivity index (χ1v) is 7.83. The Kier molecular flexibility index (Phi) is 4.22. The van der Waals surface area contributed by atoms with Gasteiger partial charge in [-0.3, -0.25) is 19.7 Å². The van der Waals surface area contributed by atoms with E-state index in [1.54, 1.807) is 37.1 Å². The molecular formula is C18H17N3O4. The molecule has 0 unspecified atom stereocenters. The maximum absolute atomic E-state index is 12.5. The predicted octanol–water partition coefficient (Wildman–Crippen LogP) is 3.06. The quantitative estimate of drug-likeness (QED) is 0.687. The highest BCUT2D eigenvalue weighted by atomic mass is 16.6. The van der Waals surface area contributed by atoms with Crippen LogP contribution < -0.4 is 10.2 Å². The van der Waals surface area contributed by atoms with Crippen LogP contribution in [0.25, 0.3) is 0 Å². The topological polar surface area (TPSA) is 92.6 Å². The average Bonchev–Trinajstić information content (AvgIpc) is 2.58. The van der Waals surface area contributed by atoms with E-state index in [-0.39, 0.29) is 17.2 Å². The summed E-state index contributed by atoms with van der Waals surface area (Å²) < 4.78 is 0. The van der Waals surface area contributed by atoms with Crippen LogP contribution in [0.15, 0.2) is 36.4 Å². The Hall–Kier alpha value is -3.22. The molecule has 128 valence electrons. The van der Waals surface area contributed by atoms with Crippen LogP contribution in [-0.2, 0) is 11.2 Å². The molecule has 7 heteroatoms. The lowest BCUT2D eigenvalue weighted by Crippen LogP contribution is -2.31. The van der Waals surface area contributed by atoms with E-state index in [1.807, 2.05) is 6.07 Å². The molecule has 0 aliphatic carbocycles. The van der Waals surface area contributed by atoms with Crippen LogP contribution in [0.2, 0.25) is 0 Å². The van der Waals surface area contributed by atoms with Crippen molar-refractivity contribution in [2.75, 3.05) is 17.3 Å². The lowest BCUT2D eigenvalue weighted by atomic mass is 10.0. The molecule has 0 spiro atoms. The van der Waals surface area contributed by atoms with Crippen molar-refractivity contribution >= 4 is 28.9 Å². The van der Waals surface area contributed by atoms with Gasteiger partial charge < -0.3 is 10.2 Å². The highest BCUT2D eigenvalue weighted by Gasteiger charge is 2.22. The van der Waals surface area contributed by atoms with Crippen molar-refractivity contribution in [2.24, 2.45) is 0 Å². The molecule has 0 atom stereocenters. The fourth-order valence-electron chi connectivity index (χ4n) is 3.00. The highest BCUT2D eigenvalue weighted by Crippen LogP contribution is 2.29. The number of aryl methyl sites for hydroxylation is 1. The number of nitro benzene ring substituents is 1. The number of hydrogen-bond acceptors (Lipinski definition) is 4. The van der Waals surface area contributed by atoms with Crippen molar-refractivity contribution in [2.45, 2.75) is 19.8 Å². The second-order valence-electron chi connectivity index (χ2n) is 5.96. The van der Waals surface area contributed by atoms with Gasteiger partial charge in [-0.15, -0.1) is 0 Å². The van der Waals surface area contributed by atoms with Gasteiger partial charge in [0.05, 0.1) is 4.92 Å². The Morgan fingerprint density at radius 3 is 2.72 bits per heavy atom. The molecule has 1 aliphatic heterocycles. The van der Waals surface area contributed by atoms with Crippen LogP contribution in [0.5, 0.6) is 0 Å². The molecule has 0 radical (unpaired) electrons. The molecule has 7 nitrogen and oxygen atoms in total. The van der Waals surface area contributed by atoms with Gasteiger partial charge in [0.25, 0.3) is 11.6 Å². The number of rotatable bonds is 3. The number of carbonyl (C=O) groups is 2. The van der Waals surface area contributed by atoms with Crippen LogP contribution in [-0.4, -0.2) is 23.8 Å². The van der Waals surface area contributed by atoms with Crippen molar-refractivity contribution < 1.29 is 14.5 Å². The Morgan fingerprint density at radius 1 is 1.24 bits per heavy atom. The van der Waals surface area contributed by atoms with E-state index in [0.717, 1.165) is 11.3 Å². The number of nitrogens with one attached hydrogen (secondary N) is 1. The Balaban J connectivity index is 1.86. The van der Waals surface area contributed by atoms with Crippen molar-refractivity contribution in [1.29, 1.82) is 0 Å². The number of fused-ring (bicyclic) bond motifs is 1. The minimum absolute atomic E-state index is 0.0662. The lowest BCUT2D eigenvalue weighted by molar-refractivity contribution is -0.385. The van der Waals surface area contributed by atoms with Crippen LogP contribution in [0.1, 0.15) is 27.9 Å². The first-order valence-electron chi connectivity index (χ1n) is 7.83. The predicted molar refractivity (Wildman–Crippen MR) is 94.0 cm³/mol. The zero-order valence-electron chi connectivity index (χ0n) is 13.9. The summed E-state index contributed by atoms with van der Waals surface area (Å²) in [5.41, 5.74) is 2.92. The molecule has 2 aromatic rings. The zero-order valence-corrected chi connectivity index (χ0v) is 13.9. The van der Waals surface area contributed by atoms with Crippen molar-refractivity contribution in [3.05, 3.63) is 63.2 Å². The Bertz CT molecular complexity index is 892. The summed E-state index contributed by atoms with van der Waals surface area (Å²) in [6.45, 7) is 1.56. The monoisotopic (exact) mass is 339 g/mol. The summed E-state index contributed by atoms with van der Waals surface area (Å²) in [7, 11) is 1.73. The largest absolute Gasteiger partial charge is 0.322 e. The van der Waals surface area contributed by atoms with Crippen molar-refractivity contribution in [3.63, 3.8) is 0 Å². The van der Waals surface area contributed by atoms with Gasteiger partial charge in [0.2, 0.25) is 5.91 Å². The van der Waals surface area contributed by atoms with Crippen molar-refractivity contribution in [1.82, 2.24) is 0 Å². The van der Waals surface area contributed by atoms with Gasteiger partial charge in [-0.1, -0.05) is 6.07 Å². The third kappa shape index (κ3) is 3.08. The van der Waals surface area contributed by atoms with Gasteiger partial charge in [0.15, 0.2) is 0 Å². The number of carbonyl (C=O) groups excluding carboxylic acids is 2. The van der Waals surface area contributed by atoms with Gasteiger partial charge in [-0.05, 0) is 43.2 Å². The molecule has 2 aromatic carbocycles. The standard InChI is InChI=1S/C18H17N3O4/c1-11-14(4-3-5-15(11)21(24)25)18(23)19-13-7-8-16-12(10-13)6-9-17(22)20(16)2/h3-5,7-8,10H,6,9H2,1-2H3,(H,19,23). The third-order valence-electron chi connectivity index (χ3n) is 4.43. The lowest BCUT2D eigenvalue weighted by Gasteiger charge is -2.26. The normalized spacial score (nSPS) is 13.4. The molecule has 25 heavy (non-hydrogen) atoms. The second kappa shape index (κ2) is 6.35. The highest BCUT2D eigenvalue weighted by molar-refractivity contribution is 6.06. The summed E-state index contributed by atoms with van der Waals surface area (Å²) in [5, 5.41) is 13.8. The van der Waals surface area contributed by atoms with Gasteiger partial charge >= 0.3 is 0 Å². The molecule has 0 saturated heterocycles. The molecule has 0 bridgehead atoms. The van der Waals surface area contributed by atoms with E-state index >= 15 is 0 Å². The molecule has 0 saturated carbocycles. The molecular weight excluding hydrogens is 322 g/mol. The maximum Gasteiger partial charge on any atom is 0.273 e. The molecule has 1 N–H and O–H groups in total. The van der Waals surface area contributed by atoms with E-state index < -0.39 is 10.8 Å². The number of amides is 2. The summed E-state index contributed by atoms with van der Waals surface area (Å²) in [4.78, 5) is 36.3. The van der Waals surface area contributed by atoms with Gasteiger partial charge in [-0.25, -0.2) is 0 Å². The van der Waals surface area contributed by atoms with Gasteiger partial charge in [-0.2, -0.15) is 0 Å². The van der Waals surface area contributed by atoms with E-state index in [0.29, 0.717) is 24.1 Å². The fourth-order valence-corrected chi connectivity index (χ4v) is 3.00. The van der Waals surface area contributed by atoms with Crippen LogP contribution in [0, 0.1) is 17.0 Å². The van der Waals surface area contributed by atoms with Crippen molar-refractivity contribution in [3.8, 4) is 0 Å². The number of anilines is 2. The minimum atomic E-state index is -0.502. The molecule has 0 fully saturated rings. The molecule has 3 rings (SSSR count). The van der Waals surface area contributed by atoms with Gasteiger partial charge in [0, 0.05) is 42.0 Å². The van der Waals surface area contributed by atoms with E-state index in [2.05, 4.69) is 5.32 Å². The second-order valence-corrected chi connectivity index (χ2v) is 5.96.